The Morgan fingerprint density at radius 2 is 1.92 bits per heavy atom. The molecule has 0 aliphatic rings. The largest absolute Gasteiger partial charge is 0.290 e. The number of rotatable bonds is 0. The predicted octanol–water partition coefficient (Wildman–Crippen LogP) is -0.220. The van der Waals surface area contributed by atoms with Gasteiger partial charge in [0.1, 0.15) is 6.33 Å². The standard InChI is InChI=1S/C7H4N4O/c12-6-3-8-1-5-2-9-4-10-7(5)11-6/h1-4H. The molecule has 0 saturated heterocycles. The summed E-state index contributed by atoms with van der Waals surface area (Å²) in [5.41, 5.74) is -0.0313. The minimum atomic E-state index is -0.399. The molecule has 0 radical (unpaired) electrons. The maximum absolute atomic E-state index is 10.8. The van der Waals surface area contributed by atoms with Gasteiger partial charge in [0.15, 0.2) is 5.65 Å². The quantitative estimate of drug-likeness (QED) is 0.533. The van der Waals surface area contributed by atoms with Crippen LogP contribution in [0.25, 0.3) is 11.0 Å². The van der Waals surface area contributed by atoms with E-state index in [1.54, 1.807) is 6.20 Å². The van der Waals surface area contributed by atoms with Crippen molar-refractivity contribution in [2.45, 2.75) is 0 Å². The summed E-state index contributed by atoms with van der Waals surface area (Å²) < 4.78 is 0. The normalized spacial score (nSPS) is 10.0. The first kappa shape index (κ1) is 6.78. The fourth-order valence-corrected chi connectivity index (χ4v) is 0.833. The second-order valence-electron chi connectivity index (χ2n) is 2.16. The Hall–Kier alpha value is -1.91. The van der Waals surface area contributed by atoms with E-state index < -0.39 is 5.56 Å². The molecule has 2 heterocycles. The van der Waals surface area contributed by atoms with Crippen molar-refractivity contribution in [2.24, 2.45) is 0 Å². The Balaban J connectivity index is 2.98. The van der Waals surface area contributed by atoms with Crippen LogP contribution in [0.5, 0.6) is 0 Å². The van der Waals surface area contributed by atoms with E-state index in [2.05, 4.69) is 19.9 Å². The first-order valence-electron chi connectivity index (χ1n) is 3.28. The fraction of sp³-hybridized carbons (Fsp3) is 0. The zero-order valence-electron chi connectivity index (χ0n) is 6.01. The van der Waals surface area contributed by atoms with Crippen molar-refractivity contribution < 1.29 is 0 Å². The molecule has 58 valence electrons. The van der Waals surface area contributed by atoms with Crippen LogP contribution in [0.2, 0.25) is 0 Å². The molecule has 0 aromatic carbocycles. The van der Waals surface area contributed by atoms with Crippen LogP contribution in [0.3, 0.4) is 0 Å². The summed E-state index contributed by atoms with van der Waals surface area (Å²) in [5, 5.41) is 0.652. The molecule has 12 heavy (non-hydrogen) atoms. The van der Waals surface area contributed by atoms with Gasteiger partial charge in [-0.3, -0.25) is 9.78 Å². The van der Waals surface area contributed by atoms with E-state index in [1.165, 1.54) is 12.5 Å². The van der Waals surface area contributed by atoms with Gasteiger partial charge in [-0.25, -0.2) is 9.97 Å². The number of aromatic nitrogens is 4. The van der Waals surface area contributed by atoms with Gasteiger partial charge in [-0.05, 0) is 0 Å². The zero-order valence-corrected chi connectivity index (χ0v) is 6.01. The van der Waals surface area contributed by atoms with E-state index in [4.69, 9.17) is 0 Å². The Labute approximate surface area is 67.2 Å². The highest BCUT2D eigenvalue weighted by atomic mass is 16.1. The molecule has 0 bridgehead atoms. The molecule has 0 spiro atoms. The summed E-state index contributed by atoms with van der Waals surface area (Å²) in [4.78, 5) is 25.8. The topological polar surface area (TPSA) is 68.6 Å². The van der Waals surface area contributed by atoms with Crippen molar-refractivity contribution in [3.8, 4) is 0 Å². The Kier molecular flexibility index (Phi) is 1.48. The molecule has 0 atom stereocenters. The van der Waals surface area contributed by atoms with Crippen LogP contribution in [0.4, 0.5) is 0 Å². The lowest BCUT2D eigenvalue weighted by molar-refractivity contribution is 1.17. The van der Waals surface area contributed by atoms with Crippen LogP contribution in [0, 0.1) is 0 Å². The SMILES string of the molecule is O=c1cncc2cncnc2n1. The molecular formula is C7H4N4O. The maximum Gasteiger partial charge on any atom is 0.290 e. The molecule has 0 amide bonds. The van der Waals surface area contributed by atoms with Crippen LogP contribution in [0.15, 0.2) is 29.7 Å². The van der Waals surface area contributed by atoms with Crippen molar-refractivity contribution in [1.82, 2.24) is 19.9 Å². The molecule has 0 saturated carbocycles. The second-order valence-corrected chi connectivity index (χ2v) is 2.16. The molecule has 0 fully saturated rings. The van der Waals surface area contributed by atoms with Crippen LogP contribution < -0.4 is 5.56 Å². The summed E-state index contributed by atoms with van der Waals surface area (Å²) in [6.45, 7) is 0. The highest BCUT2D eigenvalue weighted by Gasteiger charge is 1.92. The third kappa shape index (κ3) is 1.12. The minimum absolute atomic E-state index is 0.368. The van der Waals surface area contributed by atoms with Gasteiger partial charge in [-0.15, -0.1) is 0 Å². The molecule has 2 aromatic rings. The van der Waals surface area contributed by atoms with E-state index in [-0.39, 0.29) is 0 Å². The third-order valence-corrected chi connectivity index (χ3v) is 1.33. The Morgan fingerprint density at radius 3 is 2.83 bits per heavy atom. The van der Waals surface area contributed by atoms with Gasteiger partial charge in [0.2, 0.25) is 0 Å². The van der Waals surface area contributed by atoms with E-state index in [0.717, 1.165) is 6.20 Å². The Morgan fingerprint density at radius 1 is 1.08 bits per heavy atom. The highest BCUT2D eigenvalue weighted by molar-refractivity contribution is 5.70. The summed E-state index contributed by atoms with van der Waals surface area (Å²) in [5.74, 6) is 0. The van der Waals surface area contributed by atoms with Gasteiger partial charge >= 0.3 is 0 Å². The highest BCUT2D eigenvalue weighted by Crippen LogP contribution is 1.98. The molecule has 0 N–H and O–H groups in total. The van der Waals surface area contributed by atoms with Crippen LogP contribution in [-0.4, -0.2) is 19.9 Å². The lowest BCUT2D eigenvalue weighted by Gasteiger charge is -1.84. The molecule has 0 aliphatic carbocycles. The maximum atomic E-state index is 10.8. The fourth-order valence-electron chi connectivity index (χ4n) is 0.833. The zero-order chi connectivity index (χ0) is 8.39. The van der Waals surface area contributed by atoms with Gasteiger partial charge in [-0.1, -0.05) is 0 Å². The lowest BCUT2D eigenvalue weighted by Crippen LogP contribution is -1.99. The number of nitrogens with zero attached hydrogens (tertiary/aromatic N) is 4. The molecule has 5 heteroatoms. The molecule has 0 unspecified atom stereocenters. The number of hydrogen-bond donors (Lipinski definition) is 0. The summed E-state index contributed by atoms with van der Waals surface area (Å²) >= 11 is 0. The number of fused-ring (bicyclic) bond motifs is 1. The first-order valence-corrected chi connectivity index (χ1v) is 3.28. The van der Waals surface area contributed by atoms with Crippen molar-refractivity contribution in [2.75, 3.05) is 0 Å². The molecule has 5 nitrogen and oxygen atoms in total. The van der Waals surface area contributed by atoms with E-state index in [0.29, 0.717) is 11.0 Å². The Bertz CT molecular complexity index is 470. The van der Waals surface area contributed by atoms with E-state index >= 15 is 0 Å². The van der Waals surface area contributed by atoms with Gasteiger partial charge in [0, 0.05) is 12.4 Å². The van der Waals surface area contributed by atoms with E-state index in [9.17, 15) is 4.79 Å². The molecular weight excluding hydrogens is 156 g/mol. The summed E-state index contributed by atoms with van der Waals surface area (Å²) in [6, 6.07) is 0. The molecule has 0 aliphatic heterocycles. The van der Waals surface area contributed by atoms with Gasteiger partial charge in [-0.2, -0.15) is 4.98 Å². The van der Waals surface area contributed by atoms with Gasteiger partial charge < -0.3 is 0 Å². The van der Waals surface area contributed by atoms with Gasteiger partial charge in [0.05, 0.1) is 11.6 Å². The third-order valence-electron chi connectivity index (χ3n) is 1.33. The number of hydrogen-bond acceptors (Lipinski definition) is 5. The lowest BCUT2D eigenvalue weighted by atomic mass is 10.4. The average molecular weight is 160 g/mol. The van der Waals surface area contributed by atoms with E-state index in [1.807, 2.05) is 0 Å². The van der Waals surface area contributed by atoms with Crippen LogP contribution in [-0.2, 0) is 0 Å². The monoisotopic (exact) mass is 160 g/mol. The predicted molar refractivity (Wildman–Crippen MR) is 41.4 cm³/mol. The summed E-state index contributed by atoms with van der Waals surface area (Å²) in [6.07, 6.45) is 5.54. The average Bonchev–Trinajstić information content (AvgIpc) is 2.25. The first-order chi connectivity index (χ1) is 5.86. The van der Waals surface area contributed by atoms with Crippen molar-refractivity contribution in [1.29, 1.82) is 0 Å². The van der Waals surface area contributed by atoms with Crippen molar-refractivity contribution in [3.05, 3.63) is 35.3 Å². The van der Waals surface area contributed by atoms with Crippen LogP contribution >= 0.6 is 0 Å². The van der Waals surface area contributed by atoms with Crippen molar-refractivity contribution in [3.63, 3.8) is 0 Å². The minimum Gasteiger partial charge on any atom is -0.266 e. The smallest absolute Gasteiger partial charge is 0.266 e. The van der Waals surface area contributed by atoms with Crippen LogP contribution in [0.1, 0.15) is 0 Å². The summed E-state index contributed by atoms with van der Waals surface area (Å²) in [7, 11) is 0. The van der Waals surface area contributed by atoms with Crippen molar-refractivity contribution >= 4 is 11.0 Å². The molecule has 2 aromatic heterocycles. The molecule has 2 rings (SSSR count). The van der Waals surface area contributed by atoms with Gasteiger partial charge in [0.25, 0.3) is 5.56 Å². The second kappa shape index (κ2) is 2.61.